The van der Waals surface area contributed by atoms with E-state index in [2.05, 4.69) is 0 Å². The van der Waals surface area contributed by atoms with Crippen molar-refractivity contribution in [1.29, 1.82) is 0 Å². The van der Waals surface area contributed by atoms with E-state index >= 15 is 0 Å². The number of hydrogen-bond donors (Lipinski definition) is 1. The monoisotopic (exact) mass is 410 g/mol. The van der Waals surface area contributed by atoms with Crippen LogP contribution >= 0.6 is 11.8 Å². The maximum atomic E-state index is 13.1. The Labute approximate surface area is 173 Å². The number of nitrogens with one attached hydrogen (secondary N) is 1. The van der Waals surface area contributed by atoms with E-state index in [0.717, 1.165) is 32.8 Å². The molecular formula is C22H24N3O3S+. The van der Waals surface area contributed by atoms with Crippen LogP contribution in [0.25, 0.3) is 10.9 Å². The Kier molecular flexibility index (Phi) is 6.39. The predicted octanol–water partition coefficient (Wildman–Crippen LogP) is 1.29. The summed E-state index contributed by atoms with van der Waals surface area (Å²) in [6.07, 6.45) is 0. The largest absolute Gasteiger partial charge is 0.370 e. The van der Waals surface area contributed by atoms with Gasteiger partial charge in [-0.2, -0.15) is 0 Å². The summed E-state index contributed by atoms with van der Waals surface area (Å²) in [6, 6.07) is 16.6. The standard InChI is InChI=1S/C22H23N3O3S/c26-20(17-6-2-1-3-7-17)16-29-22-23-19-9-5-4-8-18(19)21(27)25(22)11-10-24-12-14-28-15-13-24/h1-9H,10-16H2/p+1. The van der Waals surface area contributed by atoms with Crippen molar-refractivity contribution < 1.29 is 14.4 Å². The number of para-hydroxylation sites is 1. The third-order valence-electron chi connectivity index (χ3n) is 5.14. The lowest BCUT2D eigenvalue weighted by Gasteiger charge is -2.24. The lowest BCUT2D eigenvalue weighted by atomic mass is 10.2. The summed E-state index contributed by atoms with van der Waals surface area (Å²) in [4.78, 5) is 31.8. The van der Waals surface area contributed by atoms with Crippen LogP contribution in [0, 0.1) is 0 Å². The van der Waals surface area contributed by atoms with E-state index in [1.807, 2.05) is 54.6 Å². The van der Waals surface area contributed by atoms with Gasteiger partial charge in [-0.15, -0.1) is 0 Å². The number of fused-ring (bicyclic) bond motifs is 1. The van der Waals surface area contributed by atoms with Crippen LogP contribution in [0.15, 0.2) is 64.5 Å². The van der Waals surface area contributed by atoms with E-state index in [1.54, 1.807) is 4.57 Å². The Balaban J connectivity index is 1.58. The van der Waals surface area contributed by atoms with E-state index in [9.17, 15) is 9.59 Å². The van der Waals surface area contributed by atoms with Gasteiger partial charge in [-0.1, -0.05) is 54.2 Å². The third kappa shape index (κ3) is 4.75. The molecular weight excluding hydrogens is 386 g/mol. The molecule has 0 spiro atoms. The average molecular weight is 411 g/mol. The fraction of sp³-hybridized carbons (Fsp3) is 0.318. The molecule has 4 rings (SSSR count). The number of aromatic nitrogens is 2. The molecule has 0 bridgehead atoms. The van der Waals surface area contributed by atoms with Crippen molar-refractivity contribution >= 4 is 28.4 Å². The molecule has 2 heterocycles. The summed E-state index contributed by atoms with van der Waals surface area (Å²) < 4.78 is 7.15. The first-order valence-electron chi connectivity index (χ1n) is 9.84. The van der Waals surface area contributed by atoms with Crippen molar-refractivity contribution in [2.75, 3.05) is 38.6 Å². The van der Waals surface area contributed by atoms with Crippen molar-refractivity contribution in [3.8, 4) is 0 Å². The first-order chi connectivity index (χ1) is 14.2. The van der Waals surface area contributed by atoms with Crippen LogP contribution in [0.4, 0.5) is 0 Å². The maximum Gasteiger partial charge on any atom is 0.262 e. The lowest BCUT2D eigenvalue weighted by Crippen LogP contribution is -3.14. The maximum absolute atomic E-state index is 13.1. The second-order valence-corrected chi connectivity index (χ2v) is 8.00. The molecule has 7 heteroatoms. The van der Waals surface area contributed by atoms with Crippen LogP contribution in [-0.2, 0) is 11.3 Å². The zero-order chi connectivity index (χ0) is 20.1. The summed E-state index contributed by atoms with van der Waals surface area (Å²) in [5, 5.41) is 1.22. The summed E-state index contributed by atoms with van der Waals surface area (Å²) in [7, 11) is 0. The number of ketones is 1. The van der Waals surface area contributed by atoms with Crippen LogP contribution in [0.3, 0.4) is 0 Å². The first-order valence-corrected chi connectivity index (χ1v) is 10.8. The fourth-order valence-corrected chi connectivity index (χ4v) is 4.39. The van der Waals surface area contributed by atoms with Gasteiger partial charge in [-0.3, -0.25) is 14.2 Å². The van der Waals surface area contributed by atoms with E-state index in [-0.39, 0.29) is 17.1 Å². The van der Waals surface area contributed by atoms with Gasteiger partial charge in [0, 0.05) is 5.56 Å². The molecule has 0 aliphatic carbocycles. The molecule has 1 aromatic heterocycles. The summed E-state index contributed by atoms with van der Waals surface area (Å²) >= 11 is 1.33. The average Bonchev–Trinajstić information content (AvgIpc) is 2.78. The fourth-order valence-electron chi connectivity index (χ4n) is 3.47. The number of ether oxygens (including phenoxy) is 1. The third-order valence-corrected chi connectivity index (χ3v) is 6.12. The number of morpholine rings is 1. The number of nitrogens with zero attached hydrogens (tertiary/aromatic N) is 2. The second-order valence-electron chi connectivity index (χ2n) is 7.06. The quantitative estimate of drug-likeness (QED) is 0.361. The van der Waals surface area contributed by atoms with Gasteiger partial charge in [-0.05, 0) is 12.1 Å². The highest BCUT2D eigenvalue weighted by Gasteiger charge is 2.18. The number of thioether (sulfide) groups is 1. The van der Waals surface area contributed by atoms with Gasteiger partial charge in [0.1, 0.15) is 13.1 Å². The topological polar surface area (TPSA) is 65.6 Å². The van der Waals surface area contributed by atoms with Crippen LogP contribution in [0.5, 0.6) is 0 Å². The van der Waals surface area contributed by atoms with Crippen LogP contribution < -0.4 is 10.5 Å². The van der Waals surface area contributed by atoms with Crippen molar-refractivity contribution in [3.63, 3.8) is 0 Å². The van der Waals surface area contributed by atoms with Crippen LogP contribution in [0.2, 0.25) is 0 Å². The molecule has 0 atom stereocenters. The molecule has 1 fully saturated rings. The predicted molar refractivity (Wildman–Crippen MR) is 114 cm³/mol. The van der Waals surface area contributed by atoms with E-state index in [0.29, 0.717) is 28.2 Å². The lowest BCUT2D eigenvalue weighted by molar-refractivity contribution is -0.908. The highest BCUT2D eigenvalue weighted by atomic mass is 32.2. The molecule has 6 nitrogen and oxygen atoms in total. The normalized spacial score (nSPS) is 14.9. The SMILES string of the molecule is O=C(CSc1nc2ccccc2c(=O)n1CC[NH+]1CCOCC1)c1ccccc1. The molecule has 1 aliphatic heterocycles. The number of Topliss-reactive ketones (excluding diaryl/α,β-unsaturated/α-hetero) is 1. The smallest absolute Gasteiger partial charge is 0.262 e. The minimum absolute atomic E-state index is 0.0309. The van der Waals surface area contributed by atoms with Gasteiger partial charge in [0.25, 0.3) is 5.56 Å². The van der Waals surface area contributed by atoms with Crippen LogP contribution in [0.1, 0.15) is 10.4 Å². The van der Waals surface area contributed by atoms with Gasteiger partial charge in [0.15, 0.2) is 10.9 Å². The Morgan fingerprint density at radius 3 is 2.59 bits per heavy atom. The van der Waals surface area contributed by atoms with Crippen LogP contribution in [-0.4, -0.2) is 53.9 Å². The molecule has 150 valence electrons. The second kappa shape index (κ2) is 9.35. The highest BCUT2D eigenvalue weighted by Crippen LogP contribution is 2.19. The zero-order valence-electron chi connectivity index (χ0n) is 16.2. The van der Waals surface area contributed by atoms with Gasteiger partial charge in [0.05, 0.1) is 43.0 Å². The molecule has 0 unspecified atom stereocenters. The molecule has 0 radical (unpaired) electrons. The molecule has 0 amide bonds. The van der Waals surface area contributed by atoms with Crippen molar-refractivity contribution in [2.45, 2.75) is 11.7 Å². The number of rotatable bonds is 7. The summed E-state index contributed by atoms with van der Waals surface area (Å²) in [5.41, 5.74) is 1.30. The van der Waals surface area contributed by atoms with Gasteiger partial charge in [0.2, 0.25) is 0 Å². The van der Waals surface area contributed by atoms with Gasteiger partial charge in [-0.25, -0.2) is 4.98 Å². The molecule has 29 heavy (non-hydrogen) atoms. The Bertz CT molecular complexity index is 1050. The zero-order valence-corrected chi connectivity index (χ0v) is 17.0. The minimum Gasteiger partial charge on any atom is -0.370 e. The van der Waals surface area contributed by atoms with E-state index in [4.69, 9.17) is 9.72 Å². The molecule has 2 aromatic carbocycles. The Morgan fingerprint density at radius 1 is 1.07 bits per heavy atom. The highest BCUT2D eigenvalue weighted by molar-refractivity contribution is 7.99. The van der Waals surface area contributed by atoms with Crippen molar-refractivity contribution in [1.82, 2.24) is 9.55 Å². The van der Waals surface area contributed by atoms with Crippen molar-refractivity contribution in [2.24, 2.45) is 0 Å². The molecule has 3 aromatic rings. The van der Waals surface area contributed by atoms with Gasteiger partial charge < -0.3 is 9.64 Å². The van der Waals surface area contributed by atoms with E-state index < -0.39 is 0 Å². The molecule has 0 saturated carbocycles. The van der Waals surface area contributed by atoms with Crippen molar-refractivity contribution in [3.05, 3.63) is 70.5 Å². The summed E-state index contributed by atoms with van der Waals surface area (Å²) in [5.74, 6) is 0.280. The number of benzene rings is 2. The summed E-state index contributed by atoms with van der Waals surface area (Å²) in [6.45, 7) is 4.83. The molecule has 1 aliphatic rings. The number of carbonyl (C=O) groups excluding carboxylic acids is 1. The minimum atomic E-state index is -0.0436. The first kappa shape index (κ1) is 19.8. The number of carbonyl (C=O) groups is 1. The molecule has 1 N–H and O–H groups in total. The Morgan fingerprint density at radius 2 is 1.79 bits per heavy atom. The van der Waals surface area contributed by atoms with E-state index in [1.165, 1.54) is 16.7 Å². The Hall–Kier alpha value is -2.48. The number of quaternary nitrogens is 1. The number of hydrogen-bond acceptors (Lipinski definition) is 5. The molecule has 1 saturated heterocycles. The van der Waals surface area contributed by atoms with Gasteiger partial charge >= 0.3 is 0 Å².